The molecule has 0 aliphatic carbocycles. The predicted octanol–water partition coefficient (Wildman–Crippen LogP) is 3.43. The highest BCUT2D eigenvalue weighted by molar-refractivity contribution is 5.98. The fourth-order valence-corrected chi connectivity index (χ4v) is 2.99. The quantitative estimate of drug-likeness (QED) is 0.739. The van der Waals surface area contributed by atoms with E-state index >= 15 is 0 Å². The zero-order valence-electron chi connectivity index (χ0n) is 12.2. The zero-order chi connectivity index (χ0) is 14.9. The predicted molar refractivity (Wildman–Crippen MR) is 86.6 cm³/mol. The standard InChI is InChI=1S/C19H16N2O/c22-19-17-7-3-1-6-15(17)13-21(19)12-11-16-10-9-14-5-2-4-8-18(14)20-16/h1-10H,11-13H2. The highest BCUT2D eigenvalue weighted by Gasteiger charge is 2.26. The van der Waals surface area contributed by atoms with E-state index in [2.05, 4.69) is 23.2 Å². The van der Waals surface area contributed by atoms with Crippen molar-refractivity contribution >= 4 is 16.8 Å². The van der Waals surface area contributed by atoms with E-state index in [0.29, 0.717) is 13.1 Å². The van der Waals surface area contributed by atoms with Crippen LogP contribution >= 0.6 is 0 Å². The Morgan fingerprint density at radius 2 is 1.77 bits per heavy atom. The first kappa shape index (κ1) is 13.0. The smallest absolute Gasteiger partial charge is 0.254 e. The summed E-state index contributed by atoms with van der Waals surface area (Å²) >= 11 is 0. The summed E-state index contributed by atoms with van der Waals surface area (Å²) in [4.78, 5) is 18.9. The zero-order valence-corrected chi connectivity index (χ0v) is 12.2. The van der Waals surface area contributed by atoms with Gasteiger partial charge in [0.1, 0.15) is 0 Å². The monoisotopic (exact) mass is 288 g/mol. The number of carbonyl (C=O) groups excluding carboxylic acids is 1. The number of nitrogens with zero attached hydrogens (tertiary/aromatic N) is 2. The first-order valence-electron chi connectivity index (χ1n) is 7.53. The lowest BCUT2D eigenvalue weighted by Crippen LogP contribution is -2.26. The van der Waals surface area contributed by atoms with Crippen LogP contribution in [0, 0.1) is 0 Å². The molecule has 0 spiro atoms. The van der Waals surface area contributed by atoms with Crippen LogP contribution in [-0.2, 0) is 13.0 Å². The highest BCUT2D eigenvalue weighted by atomic mass is 16.2. The third kappa shape index (κ3) is 2.25. The van der Waals surface area contributed by atoms with Crippen LogP contribution in [0.2, 0.25) is 0 Å². The van der Waals surface area contributed by atoms with Crippen molar-refractivity contribution in [3.8, 4) is 0 Å². The Morgan fingerprint density at radius 3 is 2.68 bits per heavy atom. The molecule has 0 saturated heterocycles. The van der Waals surface area contributed by atoms with Gasteiger partial charge in [-0.25, -0.2) is 0 Å². The van der Waals surface area contributed by atoms with Crippen LogP contribution in [0.15, 0.2) is 60.7 Å². The van der Waals surface area contributed by atoms with Gasteiger partial charge in [0, 0.05) is 36.2 Å². The third-order valence-corrected chi connectivity index (χ3v) is 4.19. The van der Waals surface area contributed by atoms with E-state index in [-0.39, 0.29) is 5.91 Å². The SMILES string of the molecule is O=C1c2ccccc2CN1CCc1ccc2ccccc2n1. The van der Waals surface area contributed by atoms with Crippen molar-refractivity contribution in [1.29, 1.82) is 0 Å². The molecule has 0 bridgehead atoms. The molecule has 1 aliphatic rings. The summed E-state index contributed by atoms with van der Waals surface area (Å²) in [6.07, 6.45) is 0.782. The lowest BCUT2D eigenvalue weighted by Gasteiger charge is -2.15. The maximum Gasteiger partial charge on any atom is 0.254 e. The van der Waals surface area contributed by atoms with Gasteiger partial charge in [-0.1, -0.05) is 42.5 Å². The van der Waals surface area contributed by atoms with E-state index in [1.165, 1.54) is 0 Å². The molecule has 0 fully saturated rings. The van der Waals surface area contributed by atoms with Gasteiger partial charge >= 0.3 is 0 Å². The number of amides is 1. The van der Waals surface area contributed by atoms with Gasteiger partial charge in [-0.15, -0.1) is 0 Å². The van der Waals surface area contributed by atoms with Crippen LogP contribution in [0.3, 0.4) is 0 Å². The number of pyridine rings is 1. The van der Waals surface area contributed by atoms with Crippen LogP contribution in [0.1, 0.15) is 21.6 Å². The van der Waals surface area contributed by atoms with Crippen molar-refractivity contribution < 1.29 is 4.79 Å². The van der Waals surface area contributed by atoms with Gasteiger partial charge in [-0.3, -0.25) is 9.78 Å². The Kier molecular flexibility index (Phi) is 3.11. The second kappa shape index (κ2) is 5.26. The first-order valence-corrected chi connectivity index (χ1v) is 7.53. The summed E-state index contributed by atoms with van der Waals surface area (Å²) < 4.78 is 0. The van der Waals surface area contributed by atoms with Crippen LogP contribution in [0.25, 0.3) is 10.9 Å². The Bertz CT molecular complexity index is 857. The van der Waals surface area contributed by atoms with E-state index in [0.717, 1.165) is 34.1 Å². The molecule has 108 valence electrons. The number of hydrogen-bond donors (Lipinski definition) is 0. The van der Waals surface area contributed by atoms with Crippen molar-refractivity contribution in [2.75, 3.05) is 6.54 Å². The number of fused-ring (bicyclic) bond motifs is 2. The fourth-order valence-electron chi connectivity index (χ4n) is 2.99. The third-order valence-electron chi connectivity index (χ3n) is 4.19. The molecule has 1 amide bonds. The first-order chi connectivity index (χ1) is 10.8. The Labute approximate surface area is 129 Å². The summed E-state index contributed by atoms with van der Waals surface area (Å²) in [6, 6.07) is 20.1. The summed E-state index contributed by atoms with van der Waals surface area (Å²) in [7, 11) is 0. The molecule has 2 aromatic carbocycles. The summed E-state index contributed by atoms with van der Waals surface area (Å²) in [6.45, 7) is 1.42. The molecule has 0 N–H and O–H groups in total. The minimum absolute atomic E-state index is 0.136. The molecule has 3 nitrogen and oxygen atoms in total. The summed E-state index contributed by atoms with van der Waals surface area (Å²) in [5.41, 5.74) is 4.01. The van der Waals surface area contributed by atoms with Crippen molar-refractivity contribution in [3.05, 3.63) is 77.5 Å². The van der Waals surface area contributed by atoms with Gasteiger partial charge in [-0.2, -0.15) is 0 Å². The Balaban J connectivity index is 1.50. The number of benzene rings is 2. The van der Waals surface area contributed by atoms with E-state index in [1.54, 1.807) is 0 Å². The summed E-state index contributed by atoms with van der Waals surface area (Å²) in [5, 5.41) is 1.15. The molecule has 2 heterocycles. The summed E-state index contributed by atoms with van der Waals surface area (Å²) in [5.74, 6) is 0.136. The Hall–Kier alpha value is -2.68. The van der Waals surface area contributed by atoms with Gasteiger partial charge in [0.2, 0.25) is 0 Å². The molecule has 22 heavy (non-hydrogen) atoms. The average molecular weight is 288 g/mol. The number of rotatable bonds is 3. The van der Waals surface area contributed by atoms with Gasteiger partial charge in [-0.05, 0) is 23.8 Å². The molecule has 4 rings (SSSR count). The van der Waals surface area contributed by atoms with Crippen molar-refractivity contribution in [3.63, 3.8) is 0 Å². The van der Waals surface area contributed by atoms with Gasteiger partial charge in [0.25, 0.3) is 5.91 Å². The molecule has 3 heteroatoms. The molecular formula is C19H16N2O. The van der Waals surface area contributed by atoms with E-state index in [1.807, 2.05) is 47.4 Å². The van der Waals surface area contributed by atoms with Crippen molar-refractivity contribution in [2.24, 2.45) is 0 Å². The molecule has 1 aliphatic heterocycles. The minimum Gasteiger partial charge on any atom is -0.334 e. The highest BCUT2D eigenvalue weighted by Crippen LogP contribution is 2.22. The molecular weight excluding hydrogens is 272 g/mol. The van der Waals surface area contributed by atoms with E-state index in [9.17, 15) is 4.79 Å². The van der Waals surface area contributed by atoms with Crippen molar-refractivity contribution in [2.45, 2.75) is 13.0 Å². The number of aromatic nitrogens is 1. The van der Waals surface area contributed by atoms with E-state index in [4.69, 9.17) is 0 Å². The largest absolute Gasteiger partial charge is 0.334 e. The molecule has 0 radical (unpaired) electrons. The molecule has 3 aromatic rings. The van der Waals surface area contributed by atoms with Gasteiger partial charge < -0.3 is 4.90 Å². The second-order valence-electron chi connectivity index (χ2n) is 5.63. The maximum absolute atomic E-state index is 12.3. The van der Waals surface area contributed by atoms with Crippen molar-refractivity contribution in [1.82, 2.24) is 9.88 Å². The second-order valence-corrected chi connectivity index (χ2v) is 5.63. The van der Waals surface area contributed by atoms with Gasteiger partial charge in [0.05, 0.1) is 5.52 Å². The number of hydrogen-bond acceptors (Lipinski definition) is 2. The minimum atomic E-state index is 0.136. The maximum atomic E-state index is 12.3. The Morgan fingerprint density at radius 1 is 0.955 bits per heavy atom. The molecule has 0 atom stereocenters. The van der Waals surface area contributed by atoms with Crippen LogP contribution in [0.5, 0.6) is 0 Å². The number of carbonyl (C=O) groups is 1. The normalized spacial score (nSPS) is 13.6. The molecule has 1 aromatic heterocycles. The fraction of sp³-hybridized carbons (Fsp3) is 0.158. The lowest BCUT2D eigenvalue weighted by atomic mass is 10.1. The van der Waals surface area contributed by atoms with Crippen LogP contribution < -0.4 is 0 Å². The molecule has 0 unspecified atom stereocenters. The van der Waals surface area contributed by atoms with E-state index < -0.39 is 0 Å². The molecule has 0 saturated carbocycles. The van der Waals surface area contributed by atoms with Crippen LogP contribution in [0.4, 0.5) is 0 Å². The lowest BCUT2D eigenvalue weighted by molar-refractivity contribution is 0.0780. The van der Waals surface area contributed by atoms with Gasteiger partial charge in [0.15, 0.2) is 0 Å². The average Bonchev–Trinajstić information content (AvgIpc) is 2.89. The topological polar surface area (TPSA) is 33.2 Å². The number of para-hydroxylation sites is 1. The van der Waals surface area contributed by atoms with Crippen LogP contribution in [-0.4, -0.2) is 22.3 Å².